The molecular weight excluding hydrogens is 458 g/mol. The molecule has 0 aliphatic carbocycles. The van der Waals surface area contributed by atoms with Gasteiger partial charge in [-0.25, -0.2) is 16.8 Å². The zero-order valence-electron chi connectivity index (χ0n) is 18.6. The van der Waals surface area contributed by atoms with Gasteiger partial charge in [-0.05, 0) is 67.6 Å². The molecule has 2 aromatic rings. The number of hydrogen-bond acceptors (Lipinski definition) is 5. The Kier molecular flexibility index (Phi) is 7.09. The average Bonchev–Trinajstić information content (AvgIpc) is 2.73. The number of nitrogens with zero attached hydrogens (tertiary/aromatic N) is 2. The van der Waals surface area contributed by atoms with E-state index in [1.165, 1.54) is 28.6 Å². The molecule has 0 aromatic heterocycles. The van der Waals surface area contributed by atoms with Crippen molar-refractivity contribution in [3.05, 3.63) is 58.1 Å². The second-order valence-corrected chi connectivity index (χ2v) is 12.0. The average molecular weight is 487 g/mol. The second kappa shape index (κ2) is 9.17. The zero-order valence-corrected chi connectivity index (χ0v) is 20.2. The summed E-state index contributed by atoms with van der Waals surface area (Å²) in [5, 5.41) is 0. The molecule has 6 nitrogen and oxygen atoms in total. The minimum Gasteiger partial charge on any atom is -0.296 e. The summed E-state index contributed by atoms with van der Waals surface area (Å²) >= 11 is 0. The van der Waals surface area contributed by atoms with Crippen LogP contribution in [0.25, 0.3) is 0 Å². The van der Waals surface area contributed by atoms with Gasteiger partial charge in [0.15, 0.2) is 0 Å². The number of aryl methyl sites for hydroxylation is 2. The first kappa shape index (κ1) is 24.8. The predicted molar refractivity (Wildman–Crippen MR) is 119 cm³/mol. The van der Waals surface area contributed by atoms with Gasteiger partial charge in [-0.3, -0.25) is 4.90 Å². The molecule has 0 bridgehead atoms. The van der Waals surface area contributed by atoms with E-state index in [-0.39, 0.29) is 0 Å². The molecular formula is C22H28F2N2O4S2. The minimum absolute atomic E-state index is 0.339. The highest BCUT2D eigenvalue weighted by molar-refractivity contribution is 7.91. The monoisotopic (exact) mass is 486 g/mol. The smallest absolute Gasteiger partial charge is 0.296 e. The van der Waals surface area contributed by atoms with Gasteiger partial charge in [-0.1, -0.05) is 18.2 Å². The van der Waals surface area contributed by atoms with E-state index >= 15 is 0 Å². The van der Waals surface area contributed by atoms with Gasteiger partial charge in [-0.15, -0.1) is 0 Å². The van der Waals surface area contributed by atoms with Crippen LogP contribution >= 0.6 is 0 Å². The highest BCUT2D eigenvalue weighted by atomic mass is 32.2. The van der Waals surface area contributed by atoms with Gasteiger partial charge in [0.25, 0.3) is 0 Å². The summed E-state index contributed by atoms with van der Waals surface area (Å²) in [6, 6.07) is 7.40. The molecule has 1 aliphatic rings. The lowest BCUT2D eigenvalue weighted by Gasteiger charge is -2.34. The number of hydrogen-bond donors (Lipinski definition) is 0. The maximum atomic E-state index is 13.4. The van der Waals surface area contributed by atoms with Crippen molar-refractivity contribution in [3.8, 4) is 0 Å². The maximum Gasteiger partial charge on any atom is 0.341 e. The van der Waals surface area contributed by atoms with Gasteiger partial charge in [0.1, 0.15) is 0 Å². The van der Waals surface area contributed by atoms with Crippen molar-refractivity contribution in [3.63, 3.8) is 0 Å². The molecule has 0 atom stereocenters. The molecule has 1 saturated heterocycles. The van der Waals surface area contributed by atoms with Crippen LogP contribution in [0.1, 0.15) is 27.8 Å². The number of sulfone groups is 1. The molecule has 0 N–H and O–H groups in total. The topological polar surface area (TPSA) is 74.8 Å². The lowest BCUT2D eigenvalue weighted by atomic mass is 10.0. The molecule has 0 radical (unpaired) electrons. The summed E-state index contributed by atoms with van der Waals surface area (Å²) in [7, 11) is -8.24. The van der Waals surface area contributed by atoms with E-state index in [2.05, 4.69) is 4.90 Å². The minimum atomic E-state index is -4.61. The molecule has 1 heterocycles. The maximum absolute atomic E-state index is 13.4. The number of alkyl halides is 2. The molecule has 10 heteroatoms. The molecule has 3 rings (SSSR count). The summed E-state index contributed by atoms with van der Waals surface area (Å²) < 4.78 is 76.7. The van der Waals surface area contributed by atoms with E-state index in [9.17, 15) is 25.6 Å². The van der Waals surface area contributed by atoms with Crippen molar-refractivity contribution in [1.29, 1.82) is 0 Å². The van der Waals surface area contributed by atoms with Crippen LogP contribution in [0.3, 0.4) is 0 Å². The number of sulfonamides is 1. The summed E-state index contributed by atoms with van der Waals surface area (Å²) in [5.41, 5.74) is 4.21. The van der Waals surface area contributed by atoms with Crippen LogP contribution in [0, 0.1) is 27.7 Å². The van der Waals surface area contributed by atoms with Crippen LogP contribution in [-0.2, 0) is 26.4 Å². The zero-order chi connectivity index (χ0) is 23.8. The van der Waals surface area contributed by atoms with E-state index in [4.69, 9.17) is 0 Å². The summed E-state index contributed by atoms with van der Waals surface area (Å²) in [6.07, 6.45) is 0. The fourth-order valence-corrected chi connectivity index (χ4v) is 6.69. The largest absolute Gasteiger partial charge is 0.341 e. The lowest BCUT2D eigenvalue weighted by Crippen LogP contribution is -2.48. The van der Waals surface area contributed by atoms with Crippen molar-refractivity contribution in [2.75, 3.05) is 26.2 Å². The van der Waals surface area contributed by atoms with Crippen molar-refractivity contribution in [1.82, 2.24) is 9.21 Å². The standard InChI is InChI=1S/C22H28F2N2O4S2/c1-15-13-16(2)18(4)21(17(15)3)32(29,30)26-11-9-25(10-12-26)14-19-5-7-20(8-6-19)31(27,28)22(23)24/h5-8,13,22H,9-12,14H2,1-4H3. The number of halogens is 2. The van der Waals surface area contributed by atoms with Crippen LogP contribution in [0.5, 0.6) is 0 Å². The summed E-state index contributed by atoms with van der Waals surface area (Å²) in [5.74, 6) is -3.45. The Morgan fingerprint density at radius 3 is 1.81 bits per heavy atom. The van der Waals surface area contributed by atoms with Gasteiger partial charge in [0.05, 0.1) is 9.79 Å². The first-order valence-corrected chi connectivity index (χ1v) is 13.2. The van der Waals surface area contributed by atoms with E-state index < -0.39 is 30.5 Å². The first-order chi connectivity index (χ1) is 14.9. The fourth-order valence-electron chi connectivity index (χ4n) is 3.97. The van der Waals surface area contributed by atoms with E-state index in [0.29, 0.717) is 37.6 Å². The van der Waals surface area contributed by atoms with Crippen molar-refractivity contribution in [2.45, 2.75) is 49.8 Å². The van der Waals surface area contributed by atoms with Crippen molar-refractivity contribution in [2.24, 2.45) is 0 Å². The summed E-state index contributed by atoms with van der Waals surface area (Å²) in [6.45, 7) is 9.68. The Balaban J connectivity index is 1.70. The Hall–Kier alpha value is -1.88. The Bertz CT molecular complexity index is 1180. The molecule has 0 spiro atoms. The molecule has 0 unspecified atom stereocenters. The summed E-state index contributed by atoms with van der Waals surface area (Å²) in [4.78, 5) is 2.04. The number of benzene rings is 2. The number of piperazine rings is 1. The van der Waals surface area contributed by atoms with E-state index in [1.54, 1.807) is 0 Å². The van der Waals surface area contributed by atoms with Gasteiger partial charge >= 0.3 is 5.76 Å². The van der Waals surface area contributed by atoms with Crippen LogP contribution in [-0.4, -0.2) is 58.0 Å². The Morgan fingerprint density at radius 2 is 1.34 bits per heavy atom. The predicted octanol–water partition coefficient (Wildman–Crippen LogP) is 3.42. The lowest BCUT2D eigenvalue weighted by molar-refractivity contribution is 0.181. The van der Waals surface area contributed by atoms with Gasteiger partial charge in [0.2, 0.25) is 19.9 Å². The molecule has 0 amide bonds. The molecule has 0 saturated carbocycles. The first-order valence-electron chi connectivity index (χ1n) is 10.3. The highest BCUT2D eigenvalue weighted by Crippen LogP contribution is 2.29. The number of rotatable bonds is 6. The third-order valence-electron chi connectivity index (χ3n) is 6.12. The Labute approximate surface area is 188 Å². The van der Waals surface area contributed by atoms with Crippen LogP contribution in [0.2, 0.25) is 0 Å². The fraction of sp³-hybridized carbons (Fsp3) is 0.455. The van der Waals surface area contributed by atoms with E-state index in [1.807, 2.05) is 33.8 Å². The highest BCUT2D eigenvalue weighted by Gasteiger charge is 2.32. The normalized spacial score (nSPS) is 16.6. The second-order valence-electron chi connectivity index (χ2n) is 8.22. The Morgan fingerprint density at radius 1 is 0.844 bits per heavy atom. The van der Waals surface area contributed by atoms with Crippen LogP contribution < -0.4 is 0 Å². The third-order valence-corrected chi connectivity index (χ3v) is 9.69. The van der Waals surface area contributed by atoms with Gasteiger partial charge in [0, 0.05) is 32.7 Å². The molecule has 32 heavy (non-hydrogen) atoms. The van der Waals surface area contributed by atoms with Crippen LogP contribution in [0.4, 0.5) is 8.78 Å². The van der Waals surface area contributed by atoms with Crippen LogP contribution in [0.15, 0.2) is 40.1 Å². The molecule has 176 valence electrons. The van der Waals surface area contributed by atoms with Crippen molar-refractivity contribution < 1.29 is 25.6 Å². The molecule has 2 aromatic carbocycles. The molecule has 1 aliphatic heterocycles. The van der Waals surface area contributed by atoms with Gasteiger partial charge in [-0.2, -0.15) is 13.1 Å². The van der Waals surface area contributed by atoms with Crippen molar-refractivity contribution >= 4 is 19.9 Å². The molecule has 1 fully saturated rings. The van der Waals surface area contributed by atoms with Gasteiger partial charge < -0.3 is 0 Å². The SMILES string of the molecule is Cc1cc(C)c(C)c(S(=O)(=O)N2CCN(Cc3ccc(S(=O)(=O)C(F)F)cc3)CC2)c1C. The third kappa shape index (κ3) is 4.73. The van der Waals surface area contributed by atoms with E-state index in [0.717, 1.165) is 27.8 Å². The quantitative estimate of drug-likeness (QED) is 0.626.